The fourth-order valence-electron chi connectivity index (χ4n) is 2.77. The van der Waals surface area contributed by atoms with Crippen molar-refractivity contribution in [2.24, 2.45) is 0 Å². The standard InChI is InChI=1S/C23H19N3O3/c1-27-22-20(8-5-13-25-22)21-23(26-15-14-24-21)29-19-11-9-18(10-12-19)28-16-17-6-3-2-4-7-17/h2-15H,16H2,1H3. The normalized spacial score (nSPS) is 10.4. The Morgan fingerprint density at radius 1 is 0.690 bits per heavy atom. The predicted molar refractivity (Wildman–Crippen MR) is 109 cm³/mol. The van der Waals surface area contributed by atoms with Crippen LogP contribution >= 0.6 is 0 Å². The summed E-state index contributed by atoms with van der Waals surface area (Å²) in [4.78, 5) is 12.9. The van der Waals surface area contributed by atoms with Gasteiger partial charge in [0.15, 0.2) is 0 Å². The van der Waals surface area contributed by atoms with Crippen LogP contribution in [0.5, 0.6) is 23.3 Å². The Hall–Kier alpha value is -3.93. The lowest BCUT2D eigenvalue weighted by molar-refractivity contribution is 0.305. The molecule has 0 saturated carbocycles. The molecule has 2 heterocycles. The third-order valence-electron chi connectivity index (χ3n) is 4.17. The van der Waals surface area contributed by atoms with Crippen LogP contribution in [-0.2, 0) is 6.61 Å². The van der Waals surface area contributed by atoms with Crippen molar-refractivity contribution in [1.82, 2.24) is 15.0 Å². The predicted octanol–water partition coefficient (Wildman–Crippen LogP) is 4.92. The topological polar surface area (TPSA) is 66.4 Å². The Kier molecular flexibility index (Phi) is 5.62. The first kappa shape index (κ1) is 18.4. The molecule has 0 aliphatic rings. The fourth-order valence-corrected chi connectivity index (χ4v) is 2.77. The van der Waals surface area contributed by atoms with Crippen LogP contribution < -0.4 is 14.2 Å². The van der Waals surface area contributed by atoms with E-state index in [4.69, 9.17) is 14.2 Å². The van der Waals surface area contributed by atoms with Crippen molar-refractivity contribution < 1.29 is 14.2 Å². The zero-order valence-corrected chi connectivity index (χ0v) is 15.9. The van der Waals surface area contributed by atoms with Crippen LogP contribution in [0.3, 0.4) is 0 Å². The average Bonchev–Trinajstić information content (AvgIpc) is 2.80. The molecule has 144 valence electrons. The highest BCUT2D eigenvalue weighted by Crippen LogP contribution is 2.34. The molecule has 0 spiro atoms. The highest BCUT2D eigenvalue weighted by molar-refractivity contribution is 5.69. The van der Waals surface area contributed by atoms with Crippen molar-refractivity contribution in [3.8, 4) is 34.5 Å². The molecule has 2 aromatic carbocycles. The third-order valence-corrected chi connectivity index (χ3v) is 4.17. The molecule has 4 rings (SSSR count). The molecule has 6 nitrogen and oxygen atoms in total. The van der Waals surface area contributed by atoms with Crippen molar-refractivity contribution in [3.63, 3.8) is 0 Å². The summed E-state index contributed by atoms with van der Waals surface area (Å²) in [6.45, 7) is 0.510. The zero-order valence-electron chi connectivity index (χ0n) is 15.9. The first-order chi connectivity index (χ1) is 14.3. The minimum absolute atomic E-state index is 0.372. The Labute approximate surface area is 168 Å². The maximum Gasteiger partial charge on any atom is 0.246 e. The van der Waals surface area contributed by atoms with Crippen molar-refractivity contribution in [2.45, 2.75) is 6.61 Å². The summed E-state index contributed by atoms with van der Waals surface area (Å²) < 4.78 is 17.1. The number of hydrogen-bond acceptors (Lipinski definition) is 6. The van der Waals surface area contributed by atoms with Crippen molar-refractivity contribution in [2.75, 3.05) is 7.11 Å². The van der Waals surface area contributed by atoms with E-state index in [1.807, 2.05) is 66.7 Å². The molecule has 29 heavy (non-hydrogen) atoms. The van der Waals surface area contributed by atoms with Gasteiger partial charge in [0.05, 0.1) is 12.7 Å². The molecular formula is C23H19N3O3. The zero-order chi connectivity index (χ0) is 19.9. The van der Waals surface area contributed by atoms with Gasteiger partial charge in [-0.25, -0.2) is 15.0 Å². The Balaban J connectivity index is 1.50. The van der Waals surface area contributed by atoms with Gasteiger partial charge < -0.3 is 14.2 Å². The van der Waals surface area contributed by atoms with Crippen molar-refractivity contribution >= 4 is 0 Å². The molecule has 0 aliphatic heterocycles. The van der Waals surface area contributed by atoms with Gasteiger partial charge in [-0.15, -0.1) is 0 Å². The lowest BCUT2D eigenvalue weighted by atomic mass is 10.2. The number of aromatic nitrogens is 3. The highest BCUT2D eigenvalue weighted by Gasteiger charge is 2.15. The molecule has 0 N–H and O–H groups in total. The summed E-state index contributed by atoms with van der Waals surface area (Å²) in [7, 11) is 1.57. The molecular weight excluding hydrogens is 366 g/mol. The monoisotopic (exact) mass is 385 g/mol. The van der Waals surface area contributed by atoms with Gasteiger partial charge in [-0.3, -0.25) is 0 Å². The van der Waals surface area contributed by atoms with Crippen LogP contribution in [-0.4, -0.2) is 22.1 Å². The largest absolute Gasteiger partial charge is 0.489 e. The Morgan fingerprint density at radius 2 is 1.41 bits per heavy atom. The van der Waals surface area contributed by atoms with Crippen LogP contribution in [0.1, 0.15) is 5.56 Å². The Bertz CT molecular complexity index is 1070. The average molecular weight is 385 g/mol. The molecule has 6 heteroatoms. The van der Waals surface area contributed by atoms with E-state index in [0.717, 1.165) is 11.3 Å². The van der Waals surface area contributed by atoms with Crippen LogP contribution in [0.15, 0.2) is 85.3 Å². The van der Waals surface area contributed by atoms with E-state index in [0.29, 0.717) is 35.4 Å². The lowest BCUT2D eigenvalue weighted by Gasteiger charge is -2.11. The van der Waals surface area contributed by atoms with Gasteiger partial charge in [-0.1, -0.05) is 30.3 Å². The van der Waals surface area contributed by atoms with Gasteiger partial charge in [0.25, 0.3) is 0 Å². The number of ether oxygens (including phenoxy) is 3. The summed E-state index contributed by atoms with van der Waals surface area (Å²) in [5.41, 5.74) is 2.38. The minimum atomic E-state index is 0.372. The van der Waals surface area contributed by atoms with Crippen molar-refractivity contribution in [1.29, 1.82) is 0 Å². The maximum absolute atomic E-state index is 5.97. The number of hydrogen-bond donors (Lipinski definition) is 0. The molecule has 4 aromatic rings. The first-order valence-electron chi connectivity index (χ1n) is 9.08. The number of nitrogens with zero attached hydrogens (tertiary/aromatic N) is 3. The fraction of sp³-hybridized carbons (Fsp3) is 0.0870. The second kappa shape index (κ2) is 8.84. The van der Waals surface area contributed by atoms with Gasteiger partial charge in [-0.05, 0) is 42.0 Å². The highest BCUT2D eigenvalue weighted by atomic mass is 16.5. The van der Waals surface area contributed by atoms with Crippen LogP contribution in [0.4, 0.5) is 0 Å². The molecule has 0 amide bonds. The van der Waals surface area contributed by atoms with Crippen LogP contribution in [0, 0.1) is 0 Å². The molecule has 0 fully saturated rings. The third kappa shape index (κ3) is 4.50. The second-order valence-corrected chi connectivity index (χ2v) is 6.12. The number of pyridine rings is 1. The summed E-state index contributed by atoms with van der Waals surface area (Å²) in [5.74, 6) is 2.22. The van der Waals surface area contributed by atoms with Crippen LogP contribution in [0.25, 0.3) is 11.3 Å². The number of rotatable bonds is 7. The SMILES string of the molecule is COc1ncccc1-c1nccnc1Oc1ccc(OCc2ccccc2)cc1. The first-order valence-corrected chi connectivity index (χ1v) is 9.08. The summed E-state index contributed by atoms with van der Waals surface area (Å²) >= 11 is 0. The van der Waals surface area contributed by atoms with Gasteiger partial charge in [0.1, 0.15) is 23.8 Å². The lowest BCUT2D eigenvalue weighted by Crippen LogP contribution is -1.98. The van der Waals surface area contributed by atoms with E-state index in [1.54, 1.807) is 25.7 Å². The summed E-state index contributed by atoms with van der Waals surface area (Å²) in [5, 5.41) is 0. The van der Waals surface area contributed by atoms with Gasteiger partial charge in [0.2, 0.25) is 11.8 Å². The minimum Gasteiger partial charge on any atom is -0.489 e. The molecule has 0 saturated heterocycles. The maximum atomic E-state index is 5.97. The number of methoxy groups -OCH3 is 1. The summed E-state index contributed by atoms with van der Waals surface area (Å²) in [6, 6.07) is 21.1. The second-order valence-electron chi connectivity index (χ2n) is 6.12. The molecule has 0 radical (unpaired) electrons. The smallest absolute Gasteiger partial charge is 0.246 e. The van der Waals surface area contributed by atoms with E-state index in [1.165, 1.54) is 0 Å². The van der Waals surface area contributed by atoms with E-state index < -0.39 is 0 Å². The van der Waals surface area contributed by atoms with Crippen molar-refractivity contribution in [3.05, 3.63) is 90.9 Å². The van der Waals surface area contributed by atoms with E-state index in [2.05, 4.69) is 15.0 Å². The van der Waals surface area contributed by atoms with Gasteiger partial charge >= 0.3 is 0 Å². The molecule has 0 atom stereocenters. The molecule has 0 aliphatic carbocycles. The molecule has 0 bridgehead atoms. The van der Waals surface area contributed by atoms with Gasteiger partial charge in [0, 0.05) is 18.6 Å². The van der Waals surface area contributed by atoms with E-state index >= 15 is 0 Å². The molecule has 0 unspecified atom stereocenters. The van der Waals surface area contributed by atoms with Crippen LogP contribution in [0.2, 0.25) is 0 Å². The van der Waals surface area contributed by atoms with E-state index in [9.17, 15) is 0 Å². The molecule has 2 aromatic heterocycles. The summed E-state index contributed by atoms with van der Waals surface area (Å²) in [6.07, 6.45) is 4.85. The number of benzene rings is 2. The Morgan fingerprint density at radius 3 is 2.21 bits per heavy atom. The van der Waals surface area contributed by atoms with Gasteiger partial charge in [-0.2, -0.15) is 0 Å². The van der Waals surface area contributed by atoms with E-state index in [-0.39, 0.29) is 0 Å². The quantitative estimate of drug-likeness (QED) is 0.450.